The molecule has 1 unspecified atom stereocenters. The minimum absolute atomic E-state index is 0.111. The number of nitrogens with one attached hydrogen (secondary N) is 1. The first kappa shape index (κ1) is 12.4. The van der Waals surface area contributed by atoms with E-state index in [0.29, 0.717) is 0 Å². The second kappa shape index (κ2) is 5.42. The Hall–Kier alpha value is -0.670. The van der Waals surface area contributed by atoms with Crippen LogP contribution in [0.2, 0.25) is 0 Å². The molecule has 0 fully saturated rings. The highest BCUT2D eigenvalue weighted by Crippen LogP contribution is 2.24. The lowest BCUT2D eigenvalue weighted by Crippen LogP contribution is -2.31. The Morgan fingerprint density at radius 2 is 2.40 bits per heavy atom. The molecule has 0 aliphatic heterocycles. The van der Waals surface area contributed by atoms with E-state index >= 15 is 0 Å². The van der Waals surface area contributed by atoms with Crippen molar-refractivity contribution in [2.24, 2.45) is 5.41 Å². The Morgan fingerprint density at radius 1 is 1.67 bits per heavy atom. The van der Waals surface area contributed by atoms with Crippen LogP contribution in [0.5, 0.6) is 0 Å². The molecule has 84 valence electrons. The molecule has 1 atom stereocenters. The maximum absolute atomic E-state index is 4.49. The fourth-order valence-corrected chi connectivity index (χ4v) is 2.42. The number of thiazole rings is 1. The molecule has 0 bridgehead atoms. The molecule has 0 spiro atoms. The van der Waals surface area contributed by atoms with Gasteiger partial charge in [-0.15, -0.1) is 17.9 Å². The van der Waals surface area contributed by atoms with Gasteiger partial charge in [0.2, 0.25) is 0 Å². The lowest BCUT2D eigenvalue weighted by atomic mass is 9.87. The molecule has 0 radical (unpaired) electrons. The average Bonchev–Trinajstić information content (AvgIpc) is 2.61. The highest BCUT2D eigenvalue weighted by Gasteiger charge is 2.21. The van der Waals surface area contributed by atoms with Crippen LogP contribution in [0, 0.1) is 12.3 Å². The zero-order chi connectivity index (χ0) is 11.3. The third-order valence-corrected chi connectivity index (χ3v) is 3.46. The van der Waals surface area contributed by atoms with Crippen LogP contribution >= 0.6 is 11.3 Å². The van der Waals surface area contributed by atoms with Crippen molar-refractivity contribution in [2.45, 2.75) is 27.2 Å². The van der Waals surface area contributed by atoms with Gasteiger partial charge < -0.3 is 5.32 Å². The van der Waals surface area contributed by atoms with E-state index in [1.165, 1.54) is 5.01 Å². The second-order valence-corrected chi connectivity index (χ2v) is 5.14. The van der Waals surface area contributed by atoms with Crippen molar-refractivity contribution < 1.29 is 0 Å². The summed E-state index contributed by atoms with van der Waals surface area (Å²) in [5.41, 5.74) is 1.23. The summed E-state index contributed by atoms with van der Waals surface area (Å²) in [5.74, 6) is 0. The maximum atomic E-state index is 4.49. The molecule has 0 aliphatic rings. The van der Waals surface area contributed by atoms with Crippen molar-refractivity contribution in [1.82, 2.24) is 10.3 Å². The van der Waals surface area contributed by atoms with Crippen molar-refractivity contribution in [3.8, 4) is 0 Å². The number of rotatable bonds is 6. The van der Waals surface area contributed by atoms with E-state index in [2.05, 4.69) is 36.1 Å². The normalized spacial score (nSPS) is 14.9. The van der Waals surface area contributed by atoms with Crippen LogP contribution in [-0.2, 0) is 6.42 Å². The molecule has 2 nitrogen and oxygen atoms in total. The summed E-state index contributed by atoms with van der Waals surface area (Å²) >= 11 is 1.74. The van der Waals surface area contributed by atoms with E-state index in [9.17, 15) is 0 Å². The molecule has 1 aromatic heterocycles. The van der Waals surface area contributed by atoms with E-state index in [1.54, 1.807) is 11.3 Å². The van der Waals surface area contributed by atoms with Crippen molar-refractivity contribution >= 4 is 11.3 Å². The quantitative estimate of drug-likeness (QED) is 0.752. The molecule has 15 heavy (non-hydrogen) atoms. The van der Waals surface area contributed by atoms with Gasteiger partial charge in [-0.25, -0.2) is 4.98 Å². The molecule has 0 aliphatic carbocycles. The SMILES string of the molecule is C=CC(C)(CNCC)Cc1nc(C)cs1. The van der Waals surface area contributed by atoms with Crippen LogP contribution < -0.4 is 5.32 Å². The van der Waals surface area contributed by atoms with Crippen LogP contribution in [0.4, 0.5) is 0 Å². The molecule has 0 amide bonds. The largest absolute Gasteiger partial charge is 0.316 e. The van der Waals surface area contributed by atoms with Crippen LogP contribution in [0.3, 0.4) is 0 Å². The summed E-state index contributed by atoms with van der Waals surface area (Å²) in [6, 6.07) is 0. The summed E-state index contributed by atoms with van der Waals surface area (Å²) in [5, 5.41) is 6.68. The average molecular weight is 224 g/mol. The van der Waals surface area contributed by atoms with Gasteiger partial charge in [0.25, 0.3) is 0 Å². The fourth-order valence-electron chi connectivity index (χ4n) is 1.45. The molecule has 3 heteroatoms. The zero-order valence-electron chi connectivity index (χ0n) is 9.84. The van der Waals surface area contributed by atoms with Gasteiger partial charge in [0.15, 0.2) is 0 Å². The fraction of sp³-hybridized carbons (Fsp3) is 0.583. The number of aromatic nitrogens is 1. The maximum Gasteiger partial charge on any atom is 0.0937 e. The van der Waals surface area contributed by atoms with E-state index in [-0.39, 0.29) is 5.41 Å². The lowest BCUT2D eigenvalue weighted by molar-refractivity contribution is 0.395. The highest BCUT2D eigenvalue weighted by atomic mass is 32.1. The predicted molar refractivity (Wildman–Crippen MR) is 67.4 cm³/mol. The van der Waals surface area contributed by atoms with E-state index in [4.69, 9.17) is 0 Å². The molecule has 0 saturated carbocycles. The van der Waals surface area contributed by atoms with Crippen LogP contribution in [0.15, 0.2) is 18.0 Å². The Labute approximate surface area is 96.4 Å². The third kappa shape index (κ3) is 3.76. The summed E-state index contributed by atoms with van der Waals surface area (Å²) in [4.78, 5) is 4.49. The third-order valence-electron chi connectivity index (χ3n) is 2.49. The van der Waals surface area contributed by atoms with Crippen LogP contribution in [-0.4, -0.2) is 18.1 Å². The lowest BCUT2D eigenvalue weighted by Gasteiger charge is -2.24. The van der Waals surface area contributed by atoms with E-state index in [1.807, 2.05) is 13.0 Å². The Balaban J connectivity index is 2.63. The zero-order valence-corrected chi connectivity index (χ0v) is 10.7. The van der Waals surface area contributed by atoms with Gasteiger partial charge in [-0.05, 0) is 13.5 Å². The molecule has 0 saturated heterocycles. The summed E-state index contributed by atoms with van der Waals surface area (Å²) in [6.45, 7) is 12.3. The molecule has 1 aromatic rings. The van der Waals surface area contributed by atoms with Gasteiger partial charge in [0.1, 0.15) is 0 Å². The van der Waals surface area contributed by atoms with E-state index in [0.717, 1.165) is 25.2 Å². The Kier molecular flexibility index (Phi) is 4.48. The molecule has 1 N–H and O–H groups in total. The minimum Gasteiger partial charge on any atom is -0.316 e. The van der Waals surface area contributed by atoms with Gasteiger partial charge in [-0.3, -0.25) is 0 Å². The second-order valence-electron chi connectivity index (χ2n) is 4.20. The van der Waals surface area contributed by atoms with Gasteiger partial charge >= 0.3 is 0 Å². The summed E-state index contributed by atoms with van der Waals surface area (Å²) < 4.78 is 0. The first-order valence-electron chi connectivity index (χ1n) is 5.35. The summed E-state index contributed by atoms with van der Waals surface area (Å²) in [7, 11) is 0. The smallest absolute Gasteiger partial charge is 0.0937 e. The van der Waals surface area contributed by atoms with Crippen molar-refractivity contribution in [1.29, 1.82) is 0 Å². The van der Waals surface area contributed by atoms with Crippen molar-refractivity contribution in [2.75, 3.05) is 13.1 Å². The van der Waals surface area contributed by atoms with Gasteiger partial charge in [0.05, 0.1) is 5.01 Å². The number of aryl methyl sites for hydroxylation is 1. The number of nitrogens with zero attached hydrogens (tertiary/aromatic N) is 1. The topological polar surface area (TPSA) is 24.9 Å². The van der Waals surface area contributed by atoms with Crippen molar-refractivity contribution in [3.63, 3.8) is 0 Å². The Bertz CT molecular complexity index is 319. The molecular weight excluding hydrogens is 204 g/mol. The predicted octanol–water partition coefficient (Wildman–Crippen LogP) is 2.80. The highest BCUT2D eigenvalue weighted by molar-refractivity contribution is 7.09. The Morgan fingerprint density at radius 3 is 2.87 bits per heavy atom. The van der Waals surface area contributed by atoms with Gasteiger partial charge in [0, 0.05) is 29.5 Å². The summed E-state index contributed by atoms with van der Waals surface area (Å²) in [6.07, 6.45) is 3.01. The molecule has 1 heterocycles. The number of hydrogen-bond donors (Lipinski definition) is 1. The van der Waals surface area contributed by atoms with E-state index < -0.39 is 0 Å². The first-order chi connectivity index (χ1) is 7.09. The van der Waals surface area contributed by atoms with Crippen molar-refractivity contribution in [3.05, 3.63) is 28.7 Å². The molecular formula is C12H20N2S. The standard InChI is InChI=1S/C12H20N2S/c1-5-12(4,9-13-6-2)7-11-14-10(3)8-15-11/h5,8,13H,1,6-7,9H2,2-4H3. The van der Waals surface area contributed by atoms with Gasteiger partial charge in [-0.1, -0.05) is 19.9 Å². The molecule has 1 rings (SSSR count). The van der Waals surface area contributed by atoms with Crippen LogP contribution in [0.1, 0.15) is 24.5 Å². The van der Waals surface area contributed by atoms with Crippen LogP contribution in [0.25, 0.3) is 0 Å². The first-order valence-corrected chi connectivity index (χ1v) is 6.23. The number of hydrogen-bond acceptors (Lipinski definition) is 3. The molecule has 0 aromatic carbocycles. The van der Waals surface area contributed by atoms with Gasteiger partial charge in [-0.2, -0.15) is 0 Å². The monoisotopic (exact) mass is 224 g/mol. The minimum atomic E-state index is 0.111.